The van der Waals surface area contributed by atoms with Gasteiger partial charge in [-0.3, -0.25) is 9.69 Å². The zero-order chi connectivity index (χ0) is 24.7. The lowest BCUT2D eigenvalue weighted by atomic mass is 10.1. The summed E-state index contributed by atoms with van der Waals surface area (Å²) in [6, 6.07) is 5.10. The lowest BCUT2D eigenvalue weighted by Crippen LogP contribution is -2.56. The van der Waals surface area contributed by atoms with Crippen molar-refractivity contribution in [2.75, 3.05) is 50.7 Å². The van der Waals surface area contributed by atoms with Gasteiger partial charge in [0, 0.05) is 51.0 Å². The maximum Gasteiger partial charge on any atom is 0.410 e. The second-order valence-corrected chi connectivity index (χ2v) is 12.4. The monoisotopic (exact) mass is 492 g/mol. The van der Waals surface area contributed by atoms with Crippen LogP contribution in [0.25, 0.3) is 0 Å². The zero-order valence-electron chi connectivity index (χ0n) is 20.6. The molecule has 3 aliphatic heterocycles. The summed E-state index contributed by atoms with van der Waals surface area (Å²) >= 11 is 0. The van der Waals surface area contributed by atoms with Crippen molar-refractivity contribution in [1.82, 2.24) is 14.1 Å². The Morgan fingerprint density at radius 1 is 1.06 bits per heavy atom. The van der Waals surface area contributed by atoms with Crippen molar-refractivity contribution >= 4 is 27.7 Å². The van der Waals surface area contributed by atoms with Gasteiger partial charge in [-0.1, -0.05) is 6.07 Å². The minimum atomic E-state index is -3.54. The number of sulfonamides is 1. The van der Waals surface area contributed by atoms with Crippen LogP contribution in [0.3, 0.4) is 0 Å². The molecule has 34 heavy (non-hydrogen) atoms. The Kier molecular flexibility index (Phi) is 6.94. The van der Waals surface area contributed by atoms with Crippen molar-refractivity contribution in [3.8, 4) is 0 Å². The van der Waals surface area contributed by atoms with Gasteiger partial charge >= 0.3 is 6.09 Å². The first-order valence-corrected chi connectivity index (χ1v) is 13.5. The van der Waals surface area contributed by atoms with Gasteiger partial charge in [0.05, 0.1) is 11.4 Å². The molecule has 0 aromatic heterocycles. The van der Waals surface area contributed by atoms with E-state index in [0.29, 0.717) is 51.4 Å². The Balaban J connectivity index is 1.41. The highest BCUT2D eigenvalue weighted by atomic mass is 32.2. The predicted molar refractivity (Wildman–Crippen MR) is 129 cm³/mol. The average molecular weight is 493 g/mol. The van der Waals surface area contributed by atoms with E-state index in [1.54, 1.807) is 21.9 Å². The maximum absolute atomic E-state index is 13.2. The Hall–Kier alpha value is -2.17. The Bertz CT molecular complexity index is 1050. The van der Waals surface area contributed by atoms with Crippen LogP contribution in [0.5, 0.6) is 0 Å². The van der Waals surface area contributed by atoms with Crippen LogP contribution in [0.4, 0.5) is 10.5 Å². The third kappa shape index (κ3) is 5.23. The Morgan fingerprint density at radius 3 is 2.41 bits per heavy atom. The molecule has 2 saturated heterocycles. The average Bonchev–Trinajstić information content (AvgIpc) is 3.42. The van der Waals surface area contributed by atoms with Crippen LogP contribution >= 0.6 is 0 Å². The van der Waals surface area contributed by atoms with Gasteiger partial charge in [0.25, 0.3) is 0 Å². The number of fused-ring (bicyclic) bond motifs is 1. The van der Waals surface area contributed by atoms with Gasteiger partial charge in [-0.15, -0.1) is 0 Å². The summed E-state index contributed by atoms with van der Waals surface area (Å²) in [5.41, 5.74) is 1.15. The molecule has 1 aromatic carbocycles. The smallest absolute Gasteiger partial charge is 0.410 e. The van der Waals surface area contributed by atoms with E-state index in [9.17, 15) is 18.0 Å². The zero-order valence-corrected chi connectivity index (χ0v) is 21.4. The number of hydrogen-bond acceptors (Lipinski definition) is 6. The number of carbonyl (C=O) groups excluding carboxylic acids is 2. The summed E-state index contributed by atoms with van der Waals surface area (Å²) in [6.07, 6.45) is 2.16. The van der Waals surface area contributed by atoms with Gasteiger partial charge in [-0.05, 0) is 64.7 Å². The van der Waals surface area contributed by atoms with Crippen LogP contribution in [0.15, 0.2) is 23.1 Å². The van der Waals surface area contributed by atoms with Gasteiger partial charge in [-0.2, -0.15) is 4.31 Å². The largest absolute Gasteiger partial charge is 0.444 e. The van der Waals surface area contributed by atoms with Crippen molar-refractivity contribution in [2.24, 2.45) is 0 Å². The van der Waals surface area contributed by atoms with Crippen LogP contribution in [-0.4, -0.2) is 92.0 Å². The molecule has 1 aromatic rings. The predicted octanol–water partition coefficient (Wildman–Crippen LogP) is 2.30. The Labute approximate surface area is 202 Å². The van der Waals surface area contributed by atoms with Crippen LogP contribution < -0.4 is 4.90 Å². The highest BCUT2D eigenvalue weighted by Gasteiger charge is 2.34. The molecule has 0 unspecified atom stereocenters. The second kappa shape index (κ2) is 9.47. The van der Waals surface area contributed by atoms with E-state index in [1.807, 2.05) is 33.8 Å². The molecule has 1 atom stereocenters. The molecule has 0 aliphatic carbocycles. The van der Waals surface area contributed by atoms with E-state index >= 15 is 0 Å². The fourth-order valence-corrected chi connectivity index (χ4v) is 6.44. The lowest BCUT2D eigenvalue weighted by molar-refractivity contribution is -0.120. The van der Waals surface area contributed by atoms with Crippen molar-refractivity contribution < 1.29 is 22.7 Å². The summed E-state index contributed by atoms with van der Waals surface area (Å²) in [7, 11) is -3.54. The Morgan fingerprint density at radius 2 is 1.76 bits per heavy atom. The third-order valence-corrected chi connectivity index (χ3v) is 8.55. The van der Waals surface area contributed by atoms with Crippen LogP contribution in [-0.2, 0) is 26.0 Å². The lowest BCUT2D eigenvalue weighted by Gasteiger charge is -2.40. The number of benzene rings is 1. The molecule has 2 amide bonds. The molecule has 188 valence electrons. The van der Waals surface area contributed by atoms with E-state index in [4.69, 9.17) is 4.74 Å². The summed E-state index contributed by atoms with van der Waals surface area (Å²) in [5, 5.41) is 0. The van der Waals surface area contributed by atoms with E-state index in [1.165, 1.54) is 4.31 Å². The number of rotatable bonds is 4. The summed E-state index contributed by atoms with van der Waals surface area (Å²) < 4.78 is 33.0. The molecule has 10 heteroatoms. The van der Waals surface area contributed by atoms with Gasteiger partial charge < -0.3 is 14.5 Å². The highest BCUT2D eigenvalue weighted by molar-refractivity contribution is 7.89. The molecule has 0 radical (unpaired) electrons. The second-order valence-electron chi connectivity index (χ2n) is 10.5. The first-order chi connectivity index (χ1) is 16.0. The molecule has 0 bridgehead atoms. The SMILES string of the molecule is C[C@@H]1CN(CC(=O)N2CCc3ccc(S(=O)(=O)N4CCCC4)cc32)CCN1C(=O)OC(C)(C)C. The number of ether oxygens (including phenoxy) is 1. The van der Waals surface area contributed by atoms with E-state index in [0.717, 1.165) is 18.4 Å². The summed E-state index contributed by atoms with van der Waals surface area (Å²) in [6.45, 7) is 11.0. The fraction of sp³-hybridized carbons (Fsp3) is 0.667. The van der Waals surface area contributed by atoms with Crippen LogP contribution in [0, 0.1) is 0 Å². The number of piperazine rings is 1. The molecular weight excluding hydrogens is 456 g/mol. The van der Waals surface area contributed by atoms with E-state index in [-0.39, 0.29) is 29.5 Å². The number of hydrogen-bond donors (Lipinski definition) is 0. The fourth-order valence-electron chi connectivity index (χ4n) is 4.90. The van der Waals surface area contributed by atoms with Crippen molar-refractivity contribution in [3.05, 3.63) is 23.8 Å². The van der Waals surface area contributed by atoms with Crippen molar-refractivity contribution in [3.63, 3.8) is 0 Å². The van der Waals surface area contributed by atoms with E-state index in [2.05, 4.69) is 4.90 Å². The molecule has 0 N–H and O–H groups in total. The van der Waals surface area contributed by atoms with Gasteiger partial charge in [0.1, 0.15) is 5.60 Å². The molecule has 4 rings (SSSR count). The molecule has 0 saturated carbocycles. The van der Waals surface area contributed by atoms with Gasteiger partial charge in [0.15, 0.2) is 0 Å². The topological polar surface area (TPSA) is 90.5 Å². The summed E-state index contributed by atoms with van der Waals surface area (Å²) in [4.78, 5) is 31.4. The normalized spacial score (nSPS) is 22.2. The van der Waals surface area contributed by atoms with Gasteiger partial charge in [0.2, 0.25) is 15.9 Å². The van der Waals surface area contributed by atoms with E-state index < -0.39 is 15.6 Å². The first-order valence-electron chi connectivity index (χ1n) is 12.1. The minimum absolute atomic E-state index is 0.0487. The molecule has 0 spiro atoms. The van der Waals surface area contributed by atoms with Crippen molar-refractivity contribution in [2.45, 2.75) is 63.5 Å². The highest BCUT2D eigenvalue weighted by Crippen LogP contribution is 2.32. The van der Waals surface area contributed by atoms with Crippen LogP contribution in [0.2, 0.25) is 0 Å². The first kappa shape index (κ1) is 24.9. The molecule has 3 aliphatic rings. The molecular formula is C24H36N4O5S. The molecule has 3 heterocycles. The minimum Gasteiger partial charge on any atom is -0.444 e. The van der Waals surface area contributed by atoms with Gasteiger partial charge in [-0.25, -0.2) is 13.2 Å². The number of carbonyl (C=O) groups is 2. The third-order valence-electron chi connectivity index (χ3n) is 6.65. The van der Waals surface area contributed by atoms with Crippen LogP contribution in [0.1, 0.15) is 46.1 Å². The standard InChI is InChI=1S/C24H36N4O5S/c1-18-16-25(13-14-27(18)23(30)33-24(2,3)4)17-22(29)28-12-9-19-7-8-20(15-21(19)28)34(31,32)26-10-5-6-11-26/h7-8,15,18H,5-6,9-14,16-17H2,1-4H3/t18-/m1/s1. The summed E-state index contributed by atoms with van der Waals surface area (Å²) in [5.74, 6) is -0.0487. The maximum atomic E-state index is 13.2. The number of anilines is 1. The van der Waals surface area contributed by atoms with Crippen molar-refractivity contribution in [1.29, 1.82) is 0 Å². The molecule has 9 nitrogen and oxygen atoms in total. The number of amides is 2. The quantitative estimate of drug-likeness (QED) is 0.641. The molecule has 2 fully saturated rings. The number of nitrogens with zero attached hydrogens (tertiary/aromatic N) is 4.